The number of carbonyl (C=O) groups is 1. The molecule has 0 fully saturated rings. The molecule has 2 atom stereocenters. The Morgan fingerprint density at radius 3 is 2.03 bits per heavy atom. The summed E-state index contributed by atoms with van der Waals surface area (Å²) in [7, 11) is 6.38. The van der Waals surface area contributed by atoms with Crippen LogP contribution in [0.3, 0.4) is 0 Å². The van der Waals surface area contributed by atoms with Crippen molar-refractivity contribution in [2.75, 3.05) is 28.4 Å². The second kappa shape index (κ2) is 14.5. The number of benzene rings is 2. The van der Waals surface area contributed by atoms with Crippen LogP contribution in [0.2, 0.25) is 0 Å². The van der Waals surface area contributed by atoms with Gasteiger partial charge in [-0.15, -0.1) is 0 Å². The summed E-state index contributed by atoms with van der Waals surface area (Å²) in [6.45, 7) is 7.60. The molecule has 0 aliphatic carbocycles. The number of rotatable bonds is 14. The fourth-order valence-electron chi connectivity index (χ4n) is 4.79. The van der Waals surface area contributed by atoms with E-state index in [4.69, 9.17) is 23.7 Å². The highest BCUT2D eigenvalue weighted by atomic mass is 16.6. The minimum absolute atomic E-state index is 0.207. The van der Waals surface area contributed by atoms with E-state index >= 15 is 0 Å². The summed E-state index contributed by atoms with van der Waals surface area (Å²) < 4.78 is 27.3. The predicted octanol–water partition coefficient (Wildman–Crippen LogP) is 6.59. The van der Waals surface area contributed by atoms with Gasteiger partial charge in [0.1, 0.15) is 5.60 Å². The number of methoxy groups -OCH3 is 4. The summed E-state index contributed by atoms with van der Waals surface area (Å²) in [6, 6.07) is 13.8. The van der Waals surface area contributed by atoms with Gasteiger partial charge in [-0.2, -0.15) is 5.26 Å². The van der Waals surface area contributed by atoms with Crippen LogP contribution in [0.1, 0.15) is 70.9 Å². The monoisotopic (exact) mass is 540 g/mol. The summed E-state index contributed by atoms with van der Waals surface area (Å²) in [4.78, 5) is 12.7. The van der Waals surface area contributed by atoms with Crippen LogP contribution in [0.5, 0.6) is 23.0 Å². The number of ether oxygens (including phenoxy) is 5. The molecule has 1 unspecified atom stereocenters. The highest BCUT2D eigenvalue weighted by Gasteiger charge is 2.32. The van der Waals surface area contributed by atoms with E-state index in [2.05, 4.69) is 18.3 Å². The largest absolute Gasteiger partial charge is 0.493 e. The molecule has 0 aromatic heterocycles. The molecule has 8 heteroatoms. The normalized spacial score (nSPS) is 13.4. The molecule has 1 amide bonds. The fourth-order valence-corrected chi connectivity index (χ4v) is 4.79. The molecule has 2 rings (SSSR count). The maximum atomic E-state index is 12.7. The number of nitrogens with one attached hydrogen (secondary N) is 1. The molecule has 2 aromatic rings. The quantitative estimate of drug-likeness (QED) is 0.289. The van der Waals surface area contributed by atoms with E-state index in [1.807, 2.05) is 57.2 Å². The van der Waals surface area contributed by atoms with Gasteiger partial charge in [0.05, 0.1) is 39.9 Å². The van der Waals surface area contributed by atoms with Gasteiger partial charge in [0.2, 0.25) is 0 Å². The minimum atomic E-state index is -0.686. The van der Waals surface area contributed by atoms with Crippen molar-refractivity contribution in [2.24, 2.45) is 0 Å². The average molecular weight is 541 g/mol. The van der Waals surface area contributed by atoms with Gasteiger partial charge >= 0.3 is 6.09 Å². The summed E-state index contributed by atoms with van der Waals surface area (Å²) in [5, 5.41) is 13.4. The molecule has 0 bridgehead atoms. The van der Waals surface area contributed by atoms with Crippen LogP contribution in [-0.2, 0) is 16.6 Å². The van der Waals surface area contributed by atoms with Crippen molar-refractivity contribution < 1.29 is 28.5 Å². The van der Waals surface area contributed by atoms with Crippen LogP contribution in [0.4, 0.5) is 4.79 Å². The third kappa shape index (κ3) is 8.98. The van der Waals surface area contributed by atoms with Crippen LogP contribution in [0, 0.1) is 11.3 Å². The Bertz CT molecular complexity index is 1120. The van der Waals surface area contributed by atoms with Crippen LogP contribution < -0.4 is 24.3 Å². The molecule has 0 spiro atoms. The molecule has 0 aliphatic rings. The molecular weight excluding hydrogens is 496 g/mol. The number of nitriles is 1. The summed E-state index contributed by atoms with van der Waals surface area (Å²) in [5.74, 6) is 2.50. The summed E-state index contributed by atoms with van der Waals surface area (Å²) in [5.41, 5.74) is 0.603. The number of amides is 1. The van der Waals surface area contributed by atoms with Gasteiger partial charge in [-0.05, 0) is 88.3 Å². The van der Waals surface area contributed by atoms with Crippen molar-refractivity contribution in [1.82, 2.24) is 5.32 Å². The van der Waals surface area contributed by atoms with E-state index in [0.717, 1.165) is 24.0 Å². The molecule has 214 valence electrons. The first kappa shape index (κ1) is 31.6. The lowest BCUT2D eigenvalue weighted by Gasteiger charge is -2.29. The maximum Gasteiger partial charge on any atom is 0.407 e. The molecule has 0 heterocycles. The zero-order valence-electron chi connectivity index (χ0n) is 24.7. The summed E-state index contributed by atoms with van der Waals surface area (Å²) >= 11 is 0. The van der Waals surface area contributed by atoms with E-state index in [0.29, 0.717) is 48.7 Å². The van der Waals surface area contributed by atoms with Crippen LogP contribution in [0.25, 0.3) is 0 Å². The van der Waals surface area contributed by atoms with E-state index in [9.17, 15) is 10.1 Å². The van der Waals surface area contributed by atoms with E-state index in [1.165, 1.54) is 0 Å². The highest BCUT2D eigenvalue weighted by Crippen LogP contribution is 2.39. The lowest BCUT2D eigenvalue weighted by atomic mass is 9.74. The number of alkyl carbamates (subject to hydrolysis) is 1. The minimum Gasteiger partial charge on any atom is -0.493 e. The molecule has 1 N–H and O–H groups in total. The van der Waals surface area contributed by atoms with E-state index < -0.39 is 17.1 Å². The van der Waals surface area contributed by atoms with Gasteiger partial charge in [0, 0.05) is 6.04 Å². The average Bonchev–Trinajstić information content (AvgIpc) is 2.90. The SMILES string of the molecule is CCCC(C#N)(CCC[C@@H](Cc1ccc(OC)c(OC)c1)NC(=O)OC(C)(C)C)c1ccc(OC)c(OC)c1. The summed E-state index contributed by atoms with van der Waals surface area (Å²) in [6.07, 6.45) is 3.68. The Morgan fingerprint density at radius 2 is 1.49 bits per heavy atom. The molecule has 0 aliphatic heterocycles. The number of carbonyl (C=O) groups excluding carboxylic acids is 1. The molecule has 0 saturated carbocycles. The van der Waals surface area contributed by atoms with E-state index in [1.54, 1.807) is 28.4 Å². The first-order valence-electron chi connectivity index (χ1n) is 13.4. The second-order valence-electron chi connectivity index (χ2n) is 10.6. The molecule has 8 nitrogen and oxygen atoms in total. The maximum absolute atomic E-state index is 12.7. The molecule has 39 heavy (non-hydrogen) atoms. The van der Waals surface area contributed by atoms with Gasteiger partial charge in [-0.1, -0.05) is 25.5 Å². The fraction of sp³-hybridized carbons (Fsp3) is 0.548. The Hall–Kier alpha value is -3.60. The van der Waals surface area contributed by atoms with Crippen LogP contribution in [-0.4, -0.2) is 46.2 Å². The van der Waals surface area contributed by atoms with Gasteiger partial charge < -0.3 is 29.0 Å². The van der Waals surface area contributed by atoms with E-state index in [-0.39, 0.29) is 6.04 Å². The highest BCUT2D eigenvalue weighted by molar-refractivity contribution is 5.68. The molecule has 0 saturated heterocycles. The van der Waals surface area contributed by atoms with Crippen molar-refractivity contribution in [3.8, 4) is 29.1 Å². The van der Waals surface area contributed by atoms with Crippen molar-refractivity contribution in [3.63, 3.8) is 0 Å². The molecule has 0 radical (unpaired) electrons. The molecule has 2 aromatic carbocycles. The Labute approximate surface area is 233 Å². The van der Waals surface area contributed by atoms with Gasteiger partial charge in [0.25, 0.3) is 0 Å². The van der Waals surface area contributed by atoms with Crippen molar-refractivity contribution in [2.45, 2.75) is 83.3 Å². The Kier molecular flexibility index (Phi) is 11.8. The van der Waals surface area contributed by atoms with Crippen LogP contribution >= 0.6 is 0 Å². The lowest BCUT2D eigenvalue weighted by molar-refractivity contribution is 0.0500. The topological polar surface area (TPSA) is 99.0 Å². The van der Waals surface area contributed by atoms with Crippen molar-refractivity contribution in [3.05, 3.63) is 47.5 Å². The lowest BCUT2D eigenvalue weighted by Crippen LogP contribution is -2.40. The Balaban J connectivity index is 2.28. The number of nitrogens with zero attached hydrogens (tertiary/aromatic N) is 1. The van der Waals surface area contributed by atoms with Crippen molar-refractivity contribution >= 4 is 6.09 Å². The number of hydrogen-bond donors (Lipinski definition) is 1. The molecular formula is C31H44N2O6. The third-order valence-electron chi connectivity index (χ3n) is 6.63. The number of hydrogen-bond acceptors (Lipinski definition) is 7. The zero-order valence-corrected chi connectivity index (χ0v) is 24.7. The smallest absolute Gasteiger partial charge is 0.407 e. The van der Waals surface area contributed by atoms with Crippen LogP contribution in [0.15, 0.2) is 36.4 Å². The first-order chi connectivity index (χ1) is 18.5. The standard InChI is InChI=1S/C31H44N2O6/c1-9-16-31(21-32,23-13-15-26(36-6)28(20-23)38-8)17-10-11-24(33-29(34)39-30(2,3)4)18-22-12-14-25(35-5)27(19-22)37-7/h12-15,19-20,24H,9-11,16-18H2,1-8H3,(H,33,34)/t24-,31?/m0/s1. The Morgan fingerprint density at radius 1 is 0.897 bits per heavy atom. The van der Waals surface area contributed by atoms with Gasteiger partial charge in [0.15, 0.2) is 23.0 Å². The third-order valence-corrected chi connectivity index (χ3v) is 6.63. The van der Waals surface area contributed by atoms with Crippen molar-refractivity contribution in [1.29, 1.82) is 5.26 Å². The predicted molar refractivity (Wildman–Crippen MR) is 152 cm³/mol. The zero-order chi connectivity index (χ0) is 29.1. The second-order valence-corrected chi connectivity index (χ2v) is 10.6. The van der Waals surface area contributed by atoms with Gasteiger partial charge in [-0.3, -0.25) is 0 Å². The first-order valence-corrected chi connectivity index (χ1v) is 13.4. The van der Waals surface area contributed by atoms with Gasteiger partial charge in [-0.25, -0.2) is 4.79 Å².